The van der Waals surface area contributed by atoms with Crippen LogP contribution in [0, 0.1) is 13.0 Å². The van der Waals surface area contributed by atoms with E-state index in [9.17, 15) is 4.79 Å². The molecule has 0 aliphatic carbocycles. The van der Waals surface area contributed by atoms with Crippen LogP contribution in [0.15, 0.2) is 91.0 Å². The fraction of sp³-hybridized carbons (Fsp3) is 0.0645. The van der Waals surface area contributed by atoms with Crippen LogP contribution in [0.25, 0.3) is 43.7 Å². The van der Waals surface area contributed by atoms with Crippen LogP contribution in [0.3, 0.4) is 0 Å². The molecule has 0 spiro atoms. The van der Waals surface area contributed by atoms with E-state index in [-0.39, 0.29) is 0 Å². The van der Waals surface area contributed by atoms with Gasteiger partial charge in [0, 0.05) is 27.9 Å². The van der Waals surface area contributed by atoms with Crippen molar-refractivity contribution in [3.63, 3.8) is 0 Å². The van der Waals surface area contributed by atoms with E-state index >= 15 is 0 Å². The molecular weight excluding hydrogens is 452 g/mol. The molecule has 0 aliphatic rings. The number of aromatic nitrogens is 1. The quantitative estimate of drug-likeness (QED) is 0.282. The standard InChI is InChI=1S/C31H22ClN2O/c1-19-9-10-21-5-2-3-6-24(21)27(19)18-34-28-8-4-7-26(31(33)35)30(28)25-16-13-22(17-29(25)34)20-11-14-23(32)15-12-20/h2-15,17H,18H2,1H3,(H2,33,35). The Bertz CT molecular complexity index is 1760. The fourth-order valence-corrected chi connectivity index (χ4v) is 5.18. The number of carbonyl (C=O) groups is 1. The fourth-order valence-electron chi connectivity index (χ4n) is 5.05. The van der Waals surface area contributed by atoms with E-state index in [1.54, 1.807) is 6.07 Å². The number of amides is 1. The minimum atomic E-state index is -0.439. The first-order chi connectivity index (χ1) is 17.0. The van der Waals surface area contributed by atoms with Crippen LogP contribution in [0.5, 0.6) is 0 Å². The molecule has 0 saturated heterocycles. The smallest absolute Gasteiger partial charge is 0.249 e. The zero-order valence-electron chi connectivity index (χ0n) is 19.2. The SMILES string of the molecule is Cc1ccc2ccccc2c1Cn1c2cc(-c3ccc(Cl)cc3)c[c]c2c2c(C(N)=O)cccc21. The Kier molecular flexibility index (Phi) is 5.09. The van der Waals surface area contributed by atoms with E-state index in [0.717, 1.165) is 32.9 Å². The molecule has 1 amide bonds. The normalized spacial score (nSPS) is 11.5. The Morgan fingerprint density at radius 1 is 0.914 bits per heavy atom. The minimum absolute atomic E-state index is 0.439. The number of nitrogens with two attached hydrogens (primary N) is 1. The largest absolute Gasteiger partial charge is 0.366 e. The van der Waals surface area contributed by atoms with E-state index in [2.05, 4.69) is 66.1 Å². The van der Waals surface area contributed by atoms with Crippen molar-refractivity contribution in [2.24, 2.45) is 5.73 Å². The van der Waals surface area contributed by atoms with Gasteiger partial charge in [-0.15, -0.1) is 0 Å². The molecule has 0 fully saturated rings. The van der Waals surface area contributed by atoms with E-state index < -0.39 is 5.91 Å². The van der Waals surface area contributed by atoms with Gasteiger partial charge in [0.25, 0.3) is 0 Å². The topological polar surface area (TPSA) is 48.0 Å². The number of hydrogen-bond donors (Lipinski definition) is 1. The molecule has 3 nitrogen and oxygen atoms in total. The first-order valence-corrected chi connectivity index (χ1v) is 11.9. The Balaban J connectivity index is 1.66. The second-order valence-corrected chi connectivity index (χ2v) is 9.32. The molecule has 0 atom stereocenters. The van der Waals surface area contributed by atoms with E-state index in [1.807, 2.05) is 36.4 Å². The Labute approximate surface area is 208 Å². The number of rotatable bonds is 4. The summed E-state index contributed by atoms with van der Waals surface area (Å²) in [5.74, 6) is -0.439. The molecular formula is C31H22ClN2O. The third-order valence-corrected chi connectivity index (χ3v) is 7.08. The number of fused-ring (bicyclic) bond motifs is 4. The molecule has 0 aliphatic heterocycles. The highest BCUT2D eigenvalue weighted by molar-refractivity contribution is 6.30. The zero-order chi connectivity index (χ0) is 24.1. The van der Waals surface area contributed by atoms with Crippen LogP contribution in [-0.2, 0) is 6.54 Å². The highest BCUT2D eigenvalue weighted by Gasteiger charge is 2.18. The summed E-state index contributed by atoms with van der Waals surface area (Å²) in [5, 5.41) is 4.87. The lowest BCUT2D eigenvalue weighted by Gasteiger charge is -2.14. The van der Waals surface area contributed by atoms with Crippen LogP contribution >= 0.6 is 11.6 Å². The van der Waals surface area contributed by atoms with Crippen molar-refractivity contribution >= 4 is 50.1 Å². The van der Waals surface area contributed by atoms with E-state index in [1.165, 1.54) is 21.9 Å². The number of primary amides is 1. The second kappa shape index (κ2) is 8.30. The van der Waals surface area contributed by atoms with Crippen molar-refractivity contribution in [3.8, 4) is 11.1 Å². The number of nitrogens with zero attached hydrogens (tertiary/aromatic N) is 1. The van der Waals surface area contributed by atoms with Gasteiger partial charge in [-0.3, -0.25) is 4.79 Å². The number of hydrogen-bond acceptors (Lipinski definition) is 1. The molecule has 4 heteroatoms. The molecule has 5 aromatic carbocycles. The van der Waals surface area contributed by atoms with Gasteiger partial charge in [0.05, 0.1) is 11.0 Å². The van der Waals surface area contributed by atoms with Crippen LogP contribution in [-0.4, -0.2) is 10.5 Å². The van der Waals surface area contributed by atoms with Crippen molar-refractivity contribution in [1.29, 1.82) is 0 Å². The molecule has 35 heavy (non-hydrogen) atoms. The van der Waals surface area contributed by atoms with E-state index in [4.69, 9.17) is 17.3 Å². The van der Waals surface area contributed by atoms with Gasteiger partial charge in [0.2, 0.25) is 5.91 Å². The molecule has 2 N–H and O–H groups in total. The first-order valence-electron chi connectivity index (χ1n) is 11.5. The zero-order valence-corrected chi connectivity index (χ0v) is 19.9. The summed E-state index contributed by atoms with van der Waals surface area (Å²) in [5.41, 5.74) is 12.8. The molecule has 169 valence electrons. The molecule has 6 aromatic rings. The summed E-state index contributed by atoms with van der Waals surface area (Å²) in [4.78, 5) is 12.4. The Hall–Kier alpha value is -4.08. The first kappa shape index (κ1) is 21.5. The van der Waals surface area contributed by atoms with Gasteiger partial charge in [-0.2, -0.15) is 0 Å². The number of carbonyl (C=O) groups excluding carboxylic acids is 1. The maximum Gasteiger partial charge on any atom is 0.249 e. The molecule has 1 heterocycles. The van der Waals surface area contributed by atoms with Crippen molar-refractivity contribution in [2.75, 3.05) is 0 Å². The lowest BCUT2D eigenvalue weighted by atomic mass is 9.99. The second-order valence-electron chi connectivity index (χ2n) is 8.89. The molecule has 0 bridgehead atoms. The van der Waals surface area contributed by atoms with Crippen molar-refractivity contribution in [3.05, 3.63) is 119 Å². The summed E-state index contributed by atoms with van der Waals surface area (Å²) in [6, 6.07) is 33.9. The average Bonchev–Trinajstić information content (AvgIpc) is 3.19. The van der Waals surface area contributed by atoms with Gasteiger partial charge < -0.3 is 10.3 Å². The van der Waals surface area contributed by atoms with Crippen LogP contribution < -0.4 is 5.73 Å². The van der Waals surface area contributed by atoms with Gasteiger partial charge in [0.1, 0.15) is 0 Å². The highest BCUT2D eigenvalue weighted by atomic mass is 35.5. The molecule has 0 saturated carbocycles. The monoisotopic (exact) mass is 473 g/mol. The molecule has 0 unspecified atom stereocenters. The predicted octanol–water partition coefficient (Wildman–Crippen LogP) is 7.52. The summed E-state index contributed by atoms with van der Waals surface area (Å²) in [7, 11) is 0. The lowest BCUT2D eigenvalue weighted by Crippen LogP contribution is -2.11. The third-order valence-electron chi connectivity index (χ3n) is 6.83. The van der Waals surface area contributed by atoms with Crippen molar-refractivity contribution < 1.29 is 4.79 Å². The lowest BCUT2D eigenvalue weighted by molar-refractivity contribution is 0.100. The van der Waals surface area contributed by atoms with E-state index in [0.29, 0.717) is 17.1 Å². The van der Waals surface area contributed by atoms with Crippen molar-refractivity contribution in [2.45, 2.75) is 13.5 Å². The average molecular weight is 474 g/mol. The van der Waals surface area contributed by atoms with Crippen LogP contribution in [0.1, 0.15) is 21.5 Å². The number of benzene rings is 5. The summed E-state index contributed by atoms with van der Waals surface area (Å²) in [6.45, 7) is 2.81. The maximum atomic E-state index is 12.4. The molecule has 1 aromatic heterocycles. The van der Waals surface area contributed by atoms with Gasteiger partial charge in [-0.05, 0) is 82.4 Å². The van der Waals surface area contributed by atoms with Gasteiger partial charge in [-0.25, -0.2) is 0 Å². The van der Waals surface area contributed by atoms with Gasteiger partial charge in [0.15, 0.2) is 0 Å². The summed E-state index contributed by atoms with van der Waals surface area (Å²) >= 11 is 6.12. The summed E-state index contributed by atoms with van der Waals surface area (Å²) in [6.07, 6.45) is 0. The Morgan fingerprint density at radius 2 is 1.71 bits per heavy atom. The molecule has 1 radical (unpaired) electrons. The van der Waals surface area contributed by atoms with Gasteiger partial charge >= 0.3 is 0 Å². The van der Waals surface area contributed by atoms with Crippen LogP contribution in [0.4, 0.5) is 0 Å². The molecule has 6 rings (SSSR count). The summed E-state index contributed by atoms with van der Waals surface area (Å²) < 4.78 is 2.28. The number of halogens is 1. The maximum absolute atomic E-state index is 12.4. The predicted molar refractivity (Wildman–Crippen MR) is 145 cm³/mol. The van der Waals surface area contributed by atoms with Gasteiger partial charge in [-0.1, -0.05) is 66.2 Å². The third kappa shape index (κ3) is 3.56. The Morgan fingerprint density at radius 3 is 2.51 bits per heavy atom. The van der Waals surface area contributed by atoms with Crippen molar-refractivity contribution in [1.82, 2.24) is 4.57 Å². The minimum Gasteiger partial charge on any atom is -0.366 e. The highest BCUT2D eigenvalue weighted by Crippen LogP contribution is 2.36. The number of aryl methyl sites for hydroxylation is 1. The van der Waals surface area contributed by atoms with Crippen LogP contribution in [0.2, 0.25) is 5.02 Å².